The van der Waals surface area contributed by atoms with Crippen LogP contribution in [-0.2, 0) is 24.2 Å². The molecule has 0 aliphatic carbocycles. The van der Waals surface area contributed by atoms with Gasteiger partial charge in [-0.3, -0.25) is 0 Å². The highest BCUT2D eigenvalue weighted by Gasteiger charge is 2.16. The van der Waals surface area contributed by atoms with Crippen molar-refractivity contribution in [2.45, 2.75) is 0 Å². The molecular weight excluding hydrogens is 167 g/mol. The molecule has 0 radical (unpaired) electrons. The number of halogens is 1. The minimum atomic E-state index is -4.98. The summed E-state index contributed by atoms with van der Waals surface area (Å²) in [7, 11) is -4.98. The summed E-state index contributed by atoms with van der Waals surface area (Å²) in [5, 5.41) is 0. The van der Waals surface area contributed by atoms with Crippen LogP contribution in [0.4, 0.5) is 3.89 Å². The van der Waals surface area contributed by atoms with Gasteiger partial charge in [0.05, 0.1) is 0 Å². The second-order valence-electron chi connectivity index (χ2n) is 1.34. The van der Waals surface area contributed by atoms with Crippen LogP contribution in [0.2, 0.25) is 0 Å². The van der Waals surface area contributed by atoms with Gasteiger partial charge in [0.1, 0.15) is 0 Å². The Balaban J connectivity index is 2.54. The predicted octanol–water partition coefficient (Wildman–Crippen LogP) is 0.0205. The molecule has 7 heteroatoms. The second-order valence-corrected chi connectivity index (χ2v) is 2.30. The van der Waals surface area contributed by atoms with Crippen LogP contribution in [0.5, 0.6) is 0 Å². The molecule has 0 aromatic carbocycles. The van der Waals surface area contributed by atoms with Gasteiger partial charge in [0.25, 0.3) is 0 Å². The molecule has 0 aromatic heterocycles. The van der Waals surface area contributed by atoms with Crippen LogP contribution in [0.1, 0.15) is 0 Å². The Bertz CT molecular complexity index is 242. The Kier molecular flexibility index (Phi) is 1.66. The van der Waals surface area contributed by atoms with E-state index < -0.39 is 16.4 Å². The quantitative estimate of drug-likeness (QED) is 0.546. The summed E-state index contributed by atoms with van der Waals surface area (Å²) in [5.41, 5.74) is 0. The molecule has 0 saturated carbocycles. The smallest absolute Gasteiger partial charge is 0.458 e. The van der Waals surface area contributed by atoms with Crippen molar-refractivity contribution >= 4 is 10.5 Å². The first-order valence-electron chi connectivity index (χ1n) is 2.16. The van der Waals surface area contributed by atoms with E-state index in [9.17, 15) is 12.3 Å². The third kappa shape index (κ3) is 2.09. The van der Waals surface area contributed by atoms with Gasteiger partial charge in [-0.15, -0.1) is 0 Å². The van der Waals surface area contributed by atoms with Crippen molar-refractivity contribution in [3.05, 3.63) is 12.2 Å². The predicted molar refractivity (Wildman–Crippen MR) is 26.2 cm³/mol. The van der Waals surface area contributed by atoms with Crippen LogP contribution in [0.3, 0.4) is 0 Å². The van der Waals surface area contributed by atoms with E-state index in [1.54, 1.807) is 0 Å². The highest BCUT2D eigenvalue weighted by molar-refractivity contribution is 7.81. The van der Waals surface area contributed by atoms with Crippen LogP contribution in [0.15, 0.2) is 12.2 Å². The molecule has 0 amide bonds. The molecule has 58 valence electrons. The van der Waals surface area contributed by atoms with Gasteiger partial charge in [0, 0.05) is 0 Å². The van der Waals surface area contributed by atoms with E-state index in [1.165, 1.54) is 0 Å². The molecule has 5 nitrogen and oxygen atoms in total. The van der Waals surface area contributed by atoms with Crippen molar-refractivity contribution < 1.29 is 26.0 Å². The number of hydrogen-bond donors (Lipinski definition) is 0. The maximum Gasteiger partial charge on any atom is 0.491 e. The first-order valence-corrected chi connectivity index (χ1v) is 3.47. The third-order valence-electron chi connectivity index (χ3n) is 0.630. The lowest BCUT2D eigenvalue weighted by molar-refractivity contribution is 0.0443. The largest absolute Gasteiger partial charge is 0.491 e. The molecule has 0 atom stereocenters. The Labute approximate surface area is 56.4 Å². The van der Waals surface area contributed by atoms with E-state index in [0.717, 1.165) is 6.26 Å². The molecule has 0 spiro atoms. The fourth-order valence-corrected chi connectivity index (χ4v) is 0.654. The van der Waals surface area contributed by atoms with Crippen molar-refractivity contribution in [1.29, 1.82) is 0 Å². The van der Waals surface area contributed by atoms with Crippen LogP contribution in [-0.4, -0.2) is 15.2 Å². The second kappa shape index (κ2) is 2.33. The van der Waals surface area contributed by atoms with Crippen LogP contribution in [0, 0.1) is 0 Å². The fraction of sp³-hybridized carbons (Fsp3) is 0.333. The summed E-state index contributed by atoms with van der Waals surface area (Å²) in [4.78, 5) is 0. The lowest BCUT2D eigenvalue weighted by atomic mass is 11.0. The van der Waals surface area contributed by atoms with Crippen molar-refractivity contribution in [1.82, 2.24) is 0 Å². The lowest BCUT2D eigenvalue weighted by Gasteiger charge is -1.96. The van der Waals surface area contributed by atoms with Gasteiger partial charge in [0.2, 0.25) is 6.79 Å². The van der Waals surface area contributed by atoms with Crippen molar-refractivity contribution in [3.8, 4) is 0 Å². The van der Waals surface area contributed by atoms with Gasteiger partial charge in [0.15, 0.2) is 6.26 Å². The number of ether oxygens (including phenoxy) is 2. The Morgan fingerprint density at radius 1 is 1.70 bits per heavy atom. The molecule has 1 aliphatic rings. The molecule has 1 aliphatic heterocycles. The molecular formula is C3H3FO5S. The summed E-state index contributed by atoms with van der Waals surface area (Å²) in [6, 6.07) is 0. The SMILES string of the molecule is O=S(=O)(F)OC1=COCO1. The van der Waals surface area contributed by atoms with Gasteiger partial charge < -0.3 is 13.7 Å². The summed E-state index contributed by atoms with van der Waals surface area (Å²) < 4.78 is 43.4. The summed E-state index contributed by atoms with van der Waals surface area (Å²) in [6.07, 6.45) is 0.858. The van der Waals surface area contributed by atoms with E-state index in [2.05, 4.69) is 13.7 Å². The third-order valence-corrected chi connectivity index (χ3v) is 0.994. The molecule has 0 fully saturated rings. The molecule has 1 heterocycles. The summed E-state index contributed by atoms with van der Waals surface area (Å²) in [5.74, 6) is -0.498. The Hall–Kier alpha value is -0.980. The molecule has 0 bridgehead atoms. The van der Waals surface area contributed by atoms with Gasteiger partial charge >= 0.3 is 16.4 Å². The van der Waals surface area contributed by atoms with Gasteiger partial charge in [-0.05, 0) is 0 Å². The maximum absolute atomic E-state index is 11.6. The monoisotopic (exact) mass is 170 g/mol. The van der Waals surface area contributed by atoms with E-state index in [4.69, 9.17) is 0 Å². The van der Waals surface area contributed by atoms with E-state index >= 15 is 0 Å². The Morgan fingerprint density at radius 2 is 2.40 bits per heavy atom. The van der Waals surface area contributed by atoms with Crippen molar-refractivity contribution in [3.63, 3.8) is 0 Å². The highest BCUT2D eigenvalue weighted by atomic mass is 32.3. The summed E-state index contributed by atoms with van der Waals surface area (Å²) >= 11 is 0. The van der Waals surface area contributed by atoms with Gasteiger partial charge in [-0.2, -0.15) is 8.42 Å². The van der Waals surface area contributed by atoms with E-state index in [0.29, 0.717) is 0 Å². The average Bonchev–Trinajstić information content (AvgIpc) is 2.12. The normalized spacial score (nSPS) is 17.1. The summed E-state index contributed by atoms with van der Waals surface area (Å²) in [6.45, 7) is -0.162. The average molecular weight is 170 g/mol. The minimum Gasteiger partial charge on any atom is -0.458 e. The van der Waals surface area contributed by atoms with Crippen LogP contribution < -0.4 is 0 Å². The minimum absolute atomic E-state index is 0.162. The molecule has 0 N–H and O–H groups in total. The molecule has 10 heavy (non-hydrogen) atoms. The molecule has 0 unspecified atom stereocenters. The molecule has 0 saturated heterocycles. The van der Waals surface area contributed by atoms with E-state index in [-0.39, 0.29) is 6.79 Å². The number of hydrogen-bond acceptors (Lipinski definition) is 5. The standard InChI is InChI=1S/C3H3FO5S/c4-10(5,6)9-3-1-7-2-8-3/h1H,2H2. The molecule has 0 aromatic rings. The molecule has 1 rings (SSSR count). The Morgan fingerprint density at radius 3 is 2.80 bits per heavy atom. The topological polar surface area (TPSA) is 61.8 Å². The number of rotatable bonds is 2. The lowest BCUT2D eigenvalue weighted by Crippen LogP contribution is -1.98. The zero-order chi connectivity index (χ0) is 7.61. The van der Waals surface area contributed by atoms with Crippen molar-refractivity contribution in [2.24, 2.45) is 0 Å². The maximum atomic E-state index is 11.6. The first-order chi connectivity index (χ1) is 4.58. The van der Waals surface area contributed by atoms with Crippen LogP contribution >= 0.6 is 0 Å². The fourth-order valence-electron chi connectivity index (χ4n) is 0.370. The zero-order valence-corrected chi connectivity index (χ0v) is 5.43. The van der Waals surface area contributed by atoms with E-state index in [1.807, 2.05) is 0 Å². The van der Waals surface area contributed by atoms with Crippen LogP contribution in [0.25, 0.3) is 0 Å². The zero-order valence-electron chi connectivity index (χ0n) is 4.61. The highest BCUT2D eigenvalue weighted by Crippen LogP contribution is 2.11. The first kappa shape index (κ1) is 7.13. The van der Waals surface area contributed by atoms with Crippen molar-refractivity contribution in [2.75, 3.05) is 6.79 Å². The van der Waals surface area contributed by atoms with Gasteiger partial charge in [-0.1, -0.05) is 3.89 Å². The van der Waals surface area contributed by atoms with Gasteiger partial charge in [-0.25, -0.2) is 0 Å².